The van der Waals surface area contributed by atoms with Gasteiger partial charge in [0.05, 0.1) is 25.3 Å². The summed E-state index contributed by atoms with van der Waals surface area (Å²) in [6, 6.07) is 6.77. The van der Waals surface area contributed by atoms with Crippen molar-refractivity contribution in [1.29, 1.82) is 0 Å². The summed E-state index contributed by atoms with van der Waals surface area (Å²) in [5.41, 5.74) is 1.96. The van der Waals surface area contributed by atoms with Crippen LogP contribution in [0.25, 0.3) is 11.1 Å². The molecule has 1 amide bonds. The molecule has 1 aromatic heterocycles. The van der Waals surface area contributed by atoms with E-state index in [0.717, 1.165) is 11.1 Å². The number of nitrogens with one attached hydrogen (secondary N) is 1. The fourth-order valence-corrected chi connectivity index (χ4v) is 3.07. The summed E-state index contributed by atoms with van der Waals surface area (Å²) in [4.78, 5) is 13.4. The minimum Gasteiger partial charge on any atom is -0.492 e. The number of hydrogen-bond acceptors (Lipinski definition) is 4. The molecule has 0 aliphatic carbocycles. The monoisotopic (exact) mass is 364 g/mol. The highest BCUT2D eigenvalue weighted by Crippen LogP contribution is 2.30. The molecule has 6 nitrogen and oxygen atoms in total. The lowest BCUT2D eigenvalue weighted by molar-refractivity contribution is -0.125. The van der Waals surface area contributed by atoms with E-state index in [1.54, 1.807) is 10.9 Å². The Kier molecular flexibility index (Phi) is 5.22. The lowest BCUT2D eigenvalue weighted by atomic mass is 10.1. The van der Waals surface area contributed by atoms with Crippen molar-refractivity contribution in [3.05, 3.63) is 36.7 Å². The number of likely N-dealkylation sites (tertiary alicyclic amines) is 1. The number of halogens is 2. The van der Waals surface area contributed by atoms with Crippen LogP contribution in [0.2, 0.25) is 0 Å². The van der Waals surface area contributed by atoms with Crippen molar-refractivity contribution in [3.63, 3.8) is 0 Å². The zero-order valence-corrected chi connectivity index (χ0v) is 14.8. The molecule has 0 unspecified atom stereocenters. The second-order valence-corrected chi connectivity index (χ2v) is 6.56. The van der Waals surface area contributed by atoms with Crippen LogP contribution < -0.4 is 10.1 Å². The van der Waals surface area contributed by atoms with Crippen molar-refractivity contribution in [3.8, 4) is 16.9 Å². The van der Waals surface area contributed by atoms with Crippen LogP contribution in [-0.4, -0.2) is 59.3 Å². The van der Waals surface area contributed by atoms with Crippen LogP contribution in [0.4, 0.5) is 8.78 Å². The fourth-order valence-electron chi connectivity index (χ4n) is 3.07. The Morgan fingerprint density at radius 1 is 1.38 bits per heavy atom. The Balaban J connectivity index is 1.47. The topological polar surface area (TPSA) is 59.4 Å². The van der Waals surface area contributed by atoms with Gasteiger partial charge in [0.1, 0.15) is 12.4 Å². The Morgan fingerprint density at radius 3 is 2.85 bits per heavy atom. The maximum atomic E-state index is 13.3. The zero-order chi connectivity index (χ0) is 18.7. The van der Waals surface area contributed by atoms with E-state index >= 15 is 0 Å². The first-order valence-corrected chi connectivity index (χ1v) is 8.42. The highest BCUT2D eigenvalue weighted by atomic mass is 19.3. The van der Waals surface area contributed by atoms with Crippen LogP contribution in [0, 0.1) is 0 Å². The summed E-state index contributed by atoms with van der Waals surface area (Å²) in [5.74, 6) is -2.53. The maximum Gasteiger partial charge on any atom is 0.262 e. The molecule has 1 atom stereocenters. The molecule has 0 spiro atoms. The zero-order valence-electron chi connectivity index (χ0n) is 14.8. The maximum absolute atomic E-state index is 13.3. The molecule has 8 heteroatoms. The number of amides is 1. The van der Waals surface area contributed by atoms with Gasteiger partial charge in [0.2, 0.25) is 5.91 Å². The number of hydrogen-bond donors (Lipinski definition) is 1. The number of ether oxygens (including phenoxy) is 1. The number of carbonyl (C=O) groups excluding carboxylic acids is 1. The Morgan fingerprint density at radius 2 is 2.19 bits per heavy atom. The molecule has 26 heavy (non-hydrogen) atoms. The molecule has 140 valence electrons. The lowest BCUT2D eigenvalue weighted by Gasteiger charge is -2.17. The average molecular weight is 364 g/mol. The van der Waals surface area contributed by atoms with E-state index in [1.165, 1.54) is 11.9 Å². The van der Waals surface area contributed by atoms with Crippen LogP contribution in [0.5, 0.6) is 5.75 Å². The minimum atomic E-state index is -2.81. The number of aromatic nitrogens is 2. The highest BCUT2D eigenvalue weighted by Gasteiger charge is 2.46. The van der Waals surface area contributed by atoms with Crippen LogP contribution in [0.1, 0.15) is 6.42 Å². The van der Waals surface area contributed by atoms with E-state index in [4.69, 9.17) is 4.74 Å². The van der Waals surface area contributed by atoms with Gasteiger partial charge < -0.3 is 10.1 Å². The first kappa shape index (κ1) is 18.3. The van der Waals surface area contributed by atoms with Crippen molar-refractivity contribution in [1.82, 2.24) is 20.0 Å². The molecule has 0 radical (unpaired) electrons. The molecule has 1 aromatic carbocycles. The highest BCUT2D eigenvalue weighted by molar-refractivity contribution is 5.82. The molecule has 0 bridgehead atoms. The van der Waals surface area contributed by atoms with Crippen LogP contribution in [0.3, 0.4) is 0 Å². The number of alkyl halides is 2. The first-order chi connectivity index (χ1) is 12.3. The standard InChI is InChI=1S/C18H22F2N4O2/c1-23-12-18(19,20)9-16(23)17(25)21-6-7-26-15-5-3-4-13(8-15)14-10-22-24(2)11-14/h3-5,8,10-11,16H,6-7,9,12H2,1-2H3,(H,21,25)/t16-/m0/s1. The van der Waals surface area contributed by atoms with Crippen molar-refractivity contribution < 1.29 is 18.3 Å². The van der Waals surface area contributed by atoms with Crippen LogP contribution >= 0.6 is 0 Å². The van der Waals surface area contributed by atoms with E-state index in [2.05, 4.69) is 10.4 Å². The number of likely N-dealkylation sites (N-methyl/N-ethyl adjacent to an activating group) is 1. The van der Waals surface area contributed by atoms with Gasteiger partial charge in [-0.05, 0) is 24.7 Å². The van der Waals surface area contributed by atoms with Crippen molar-refractivity contribution in [2.75, 3.05) is 26.7 Å². The smallest absolute Gasteiger partial charge is 0.262 e. The van der Waals surface area contributed by atoms with Gasteiger partial charge in [0, 0.05) is 25.2 Å². The molecule has 2 heterocycles. The summed E-state index contributed by atoms with van der Waals surface area (Å²) < 4.78 is 34.1. The first-order valence-electron chi connectivity index (χ1n) is 8.42. The Labute approximate surface area is 150 Å². The van der Waals surface area contributed by atoms with E-state index < -0.39 is 24.3 Å². The molecule has 3 rings (SSSR count). The van der Waals surface area contributed by atoms with Gasteiger partial charge in [-0.15, -0.1) is 0 Å². The predicted molar refractivity (Wildman–Crippen MR) is 93.1 cm³/mol. The fraction of sp³-hybridized carbons (Fsp3) is 0.444. The third-order valence-electron chi connectivity index (χ3n) is 4.35. The third-order valence-corrected chi connectivity index (χ3v) is 4.35. The van der Waals surface area contributed by atoms with Gasteiger partial charge in [0.25, 0.3) is 5.92 Å². The van der Waals surface area contributed by atoms with Crippen molar-refractivity contribution >= 4 is 5.91 Å². The summed E-state index contributed by atoms with van der Waals surface area (Å²) >= 11 is 0. The predicted octanol–water partition coefficient (Wildman–Crippen LogP) is 1.92. The summed E-state index contributed by atoms with van der Waals surface area (Å²) in [7, 11) is 3.38. The lowest BCUT2D eigenvalue weighted by Crippen LogP contribution is -2.42. The minimum absolute atomic E-state index is 0.256. The summed E-state index contributed by atoms with van der Waals surface area (Å²) in [6.45, 7) is 0.129. The van der Waals surface area contributed by atoms with Crippen molar-refractivity contribution in [2.45, 2.75) is 18.4 Å². The molecule has 1 aliphatic rings. The van der Waals surface area contributed by atoms with Gasteiger partial charge in [-0.1, -0.05) is 12.1 Å². The molecule has 1 saturated heterocycles. The summed E-state index contributed by atoms with van der Waals surface area (Å²) in [5, 5.41) is 6.80. The van der Waals surface area contributed by atoms with Gasteiger partial charge in [0.15, 0.2) is 0 Å². The third kappa shape index (κ3) is 4.37. The normalized spacial score (nSPS) is 19.5. The molecular formula is C18H22F2N4O2. The molecule has 1 N–H and O–H groups in total. The summed E-state index contributed by atoms with van der Waals surface area (Å²) in [6.07, 6.45) is 3.24. The Bertz CT molecular complexity index is 778. The second-order valence-electron chi connectivity index (χ2n) is 6.56. The van der Waals surface area contributed by atoms with Gasteiger partial charge in [-0.3, -0.25) is 14.4 Å². The van der Waals surface area contributed by atoms with E-state index in [1.807, 2.05) is 37.5 Å². The number of aryl methyl sites for hydroxylation is 1. The number of rotatable bonds is 6. The number of benzene rings is 1. The largest absolute Gasteiger partial charge is 0.492 e. The van der Waals surface area contributed by atoms with E-state index in [0.29, 0.717) is 5.75 Å². The molecular weight excluding hydrogens is 342 g/mol. The average Bonchev–Trinajstić information content (AvgIpc) is 3.14. The SMILES string of the molecule is CN1CC(F)(F)C[C@H]1C(=O)NCCOc1cccc(-c2cnn(C)c2)c1. The number of nitrogens with zero attached hydrogens (tertiary/aromatic N) is 3. The van der Waals surface area contributed by atoms with Crippen LogP contribution in [-0.2, 0) is 11.8 Å². The quantitative estimate of drug-likeness (QED) is 0.796. The van der Waals surface area contributed by atoms with Crippen molar-refractivity contribution in [2.24, 2.45) is 7.05 Å². The van der Waals surface area contributed by atoms with E-state index in [9.17, 15) is 13.6 Å². The van der Waals surface area contributed by atoms with Gasteiger partial charge in [-0.25, -0.2) is 8.78 Å². The number of carbonyl (C=O) groups is 1. The van der Waals surface area contributed by atoms with Crippen LogP contribution in [0.15, 0.2) is 36.7 Å². The molecule has 1 fully saturated rings. The van der Waals surface area contributed by atoms with Gasteiger partial charge in [-0.2, -0.15) is 5.10 Å². The molecule has 0 saturated carbocycles. The Hall–Kier alpha value is -2.48. The van der Waals surface area contributed by atoms with E-state index in [-0.39, 0.29) is 19.7 Å². The second kappa shape index (κ2) is 7.41. The molecule has 2 aromatic rings. The molecule has 1 aliphatic heterocycles. The van der Waals surface area contributed by atoms with Gasteiger partial charge >= 0.3 is 0 Å².